The maximum atomic E-state index is 12.0. The second-order valence-corrected chi connectivity index (χ2v) is 4.70. The first-order valence-corrected chi connectivity index (χ1v) is 5.83. The molecular formula is C12H20O. The van der Waals surface area contributed by atoms with Gasteiger partial charge >= 0.3 is 0 Å². The quantitative estimate of drug-likeness (QED) is 0.650. The van der Waals surface area contributed by atoms with Crippen LogP contribution in [-0.2, 0) is 4.79 Å². The molecule has 2 saturated carbocycles. The van der Waals surface area contributed by atoms with E-state index in [0.717, 1.165) is 24.7 Å². The summed E-state index contributed by atoms with van der Waals surface area (Å²) >= 11 is 0. The predicted molar refractivity (Wildman–Crippen MR) is 53.4 cm³/mol. The van der Waals surface area contributed by atoms with E-state index in [9.17, 15) is 4.79 Å². The van der Waals surface area contributed by atoms with Gasteiger partial charge in [0, 0.05) is 11.8 Å². The van der Waals surface area contributed by atoms with Gasteiger partial charge in [-0.05, 0) is 37.5 Å². The fourth-order valence-corrected chi connectivity index (χ4v) is 3.21. The van der Waals surface area contributed by atoms with E-state index in [1.807, 2.05) is 0 Å². The molecule has 2 unspecified atom stereocenters. The Kier molecular flexibility index (Phi) is 2.44. The summed E-state index contributed by atoms with van der Waals surface area (Å²) in [6.45, 7) is 4.29. The second-order valence-electron chi connectivity index (χ2n) is 4.70. The molecule has 0 radical (unpaired) electrons. The van der Waals surface area contributed by atoms with E-state index < -0.39 is 0 Å². The molecule has 13 heavy (non-hydrogen) atoms. The monoisotopic (exact) mass is 180 g/mol. The summed E-state index contributed by atoms with van der Waals surface area (Å²) in [5.74, 6) is 3.09. The molecule has 2 aliphatic carbocycles. The highest BCUT2D eigenvalue weighted by molar-refractivity contribution is 5.86. The Bertz CT molecular complexity index is 195. The van der Waals surface area contributed by atoms with Gasteiger partial charge in [0.05, 0.1) is 0 Å². The average Bonchev–Trinajstić information content (AvgIpc) is 2.62. The largest absolute Gasteiger partial charge is 0.299 e. The summed E-state index contributed by atoms with van der Waals surface area (Å²) in [6.07, 6.45) is 6.14. The normalized spacial score (nSPS) is 36.4. The molecule has 0 aromatic heterocycles. The van der Waals surface area contributed by atoms with Crippen molar-refractivity contribution < 1.29 is 4.79 Å². The molecule has 0 heterocycles. The standard InChI is InChI=1S/C12H20O/c1-3-8(4-2)12(13)11-9-6-5-7-10(9)11/h8-11H,3-7H2,1-2H3. The lowest BCUT2D eigenvalue weighted by molar-refractivity contribution is -0.125. The van der Waals surface area contributed by atoms with Crippen LogP contribution in [0, 0.1) is 23.7 Å². The topological polar surface area (TPSA) is 17.1 Å². The second kappa shape index (κ2) is 3.43. The lowest BCUT2D eigenvalue weighted by Crippen LogP contribution is -2.17. The molecule has 2 rings (SSSR count). The Morgan fingerprint density at radius 3 is 2.23 bits per heavy atom. The van der Waals surface area contributed by atoms with Crippen LogP contribution in [0.4, 0.5) is 0 Å². The van der Waals surface area contributed by atoms with Gasteiger partial charge in [0.2, 0.25) is 0 Å². The van der Waals surface area contributed by atoms with E-state index in [-0.39, 0.29) is 0 Å². The van der Waals surface area contributed by atoms with Crippen molar-refractivity contribution in [2.45, 2.75) is 46.0 Å². The fourth-order valence-electron chi connectivity index (χ4n) is 3.21. The van der Waals surface area contributed by atoms with Crippen molar-refractivity contribution in [1.29, 1.82) is 0 Å². The van der Waals surface area contributed by atoms with Crippen molar-refractivity contribution in [1.82, 2.24) is 0 Å². The molecule has 0 spiro atoms. The summed E-state index contributed by atoms with van der Waals surface area (Å²) in [5.41, 5.74) is 0. The van der Waals surface area contributed by atoms with E-state index in [4.69, 9.17) is 0 Å². The molecule has 2 fully saturated rings. The van der Waals surface area contributed by atoms with Crippen LogP contribution in [0.15, 0.2) is 0 Å². The molecule has 2 aliphatic rings. The fraction of sp³-hybridized carbons (Fsp3) is 0.917. The van der Waals surface area contributed by atoms with E-state index in [0.29, 0.717) is 17.6 Å². The number of hydrogen-bond acceptors (Lipinski definition) is 1. The zero-order chi connectivity index (χ0) is 9.42. The maximum absolute atomic E-state index is 12.0. The number of carbonyl (C=O) groups is 1. The van der Waals surface area contributed by atoms with Gasteiger partial charge in [-0.25, -0.2) is 0 Å². The number of ketones is 1. The van der Waals surface area contributed by atoms with Crippen molar-refractivity contribution in [3.63, 3.8) is 0 Å². The highest BCUT2D eigenvalue weighted by atomic mass is 16.1. The van der Waals surface area contributed by atoms with Gasteiger partial charge in [-0.3, -0.25) is 4.79 Å². The van der Waals surface area contributed by atoms with Crippen LogP contribution >= 0.6 is 0 Å². The lowest BCUT2D eigenvalue weighted by atomic mass is 9.92. The smallest absolute Gasteiger partial charge is 0.139 e. The number of hydrogen-bond donors (Lipinski definition) is 0. The third-order valence-electron chi connectivity index (χ3n) is 4.12. The molecule has 0 aromatic carbocycles. The highest BCUT2D eigenvalue weighted by Gasteiger charge is 2.56. The van der Waals surface area contributed by atoms with Crippen molar-refractivity contribution in [2.75, 3.05) is 0 Å². The zero-order valence-electron chi connectivity index (χ0n) is 8.75. The van der Waals surface area contributed by atoms with Crippen LogP contribution in [0.2, 0.25) is 0 Å². The van der Waals surface area contributed by atoms with Crippen LogP contribution in [0.1, 0.15) is 46.0 Å². The van der Waals surface area contributed by atoms with Gasteiger partial charge in [-0.2, -0.15) is 0 Å². The number of fused-ring (bicyclic) bond motifs is 1. The molecule has 0 N–H and O–H groups in total. The van der Waals surface area contributed by atoms with Crippen LogP contribution in [0.25, 0.3) is 0 Å². The van der Waals surface area contributed by atoms with E-state index >= 15 is 0 Å². The molecule has 0 bridgehead atoms. The molecule has 0 aromatic rings. The van der Waals surface area contributed by atoms with Gasteiger partial charge in [-0.1, -0.05) is 20.3 Å². The third-order valence-corrected chi connectivity index (χ3v) is 4.12. The van der Waals surface area contributed by atoms with Gasteiger partial charge in [-0.15, -0.1) is 0 Å². The first-order chi connectivity index (χ1) is 6.29. The number of rotatable bonds is 4. The summed E-state index contributed by atoms with van der Waals surface area (Å²) < 4.78 is 0. The van der Waals surface area contributed by atoms with Crippen LogP contribution < -0.4 is 0 Å². The summed E-state index contributed by atoms with van der Waals surface area (Å²) in [5, 5.41) is 0. The molecule has 0 amide bonds. The first kappa shape index (κ1) is 9.23. The third kappa shape index (κ3) is 1.43. The van der Waals surface area contributed by atoms with Crippen LogP contribution in [0.5, 0.6) is 0 Å². The molecule has 0 aliphatic heterocycles. The summed E-state index contributed by atoms with van der Waals surface area (Å²) in [4.78, 5) is 12.0. The van der Waals surface area contributed by atoms with Crippen molar-refractivity contribution in [2.24, 2.45) is 23.7 Å². The van der Waals surface area contributed by atoms with Crippen molar-refractivity contribution >= 4 is 5.78 Å². The predicted octanol–water partition coefficient (Wildman–Crippen LogP) is 3.04. The Morgan fingerprint density at radius 1 is 1.23 bits per heavy atom. The number of Topliss-reactive ketones (excluding diaryl/α,β-unsaturated/α-hetero) is 1. The Labute approximate surface area is 80.9 Å². The average molecular weight is 180 g/mol. The molecule has 1 heteroatoms. The zero-order valence-corrected chi connectivity index (χ0v) is 8.75. The van der Waals surface area contributed by atoms with Crippen LogP contribution in [-0.4, -0.2) is 5.78 Å². The first-order valence-electron chi connectivity index (χ1n) is 5.83. The van der Waals surface area contributed by atoms with Crippen LogP contribution in [0.3, 0.4) is 0 Å². The Morgan fingerprint density at radius 2 is 1.77 bits per heavy atom. The van der Waals surface area contributed by atoms with Crippen molar-refractivity contribution in [3.05, 3.63) is 0 Å². The minimum absolute atomic E-state index is 0.371. The highest BCUT2D eigenvalue weighted by Crippen LogP contribution is 2.58. The van der Waals surface area contributed by atoms with Crippen molar-refractivity contribution in [3.8, 4) is 0 Å². The van der Waals surface area contributed by atoms with Gasteiger partial charge in [0.25, 0.3) is 0 Å². The minimum Gasteiger partial charge on any atom is -0.299 e. The van der Waals surface area contributed by atoms with E-state index in [1.54, 1.807) is 0 Å². The molecule has 0 saturated heterocycles. The van der Waals surface area contributed by atoms with Gasteiger partial charge in [0.15, 0.2) is 0 Å². The minimum atomic E-state index is 0.371. The maximum Gasteiger partial charge on any atom is 0.139 e. The SMILES string of the molecule is CCC(CC)C(=O)C1C2CCCC21. The molecule has 74 valence electrons. The molecule has 1 nitrogen and oxygen atoms in total. The van der Waals surface area contributed by atoms with Gasteiger partial charge < -0.3 is 0 Å². The molecular weight excluding hydrogens is 160 g/mol. The van der Waals surface area contributed by atoms with Gasteiger partial charge in [0.1, 0.15) is 5.78 Å². The molecule has 2 atom stereocenters. The lowest BCUT2D eigenvalue weighted by Gasteiger charge is -2.11. The Balaban J connectivity index is 1.91. The Hall–Kier alpha value is -0.330. The van der Waals surface area contributed by atoms with E-state index in [2.05, 4.69) is 13.8 Å². The summed E-state index contributed by atoms with van der Waals surface area (Å²) in [6, 6.07) is 0. The number of carbonyl (C=O) groups excluding carboxylic acids is 1. The summed E-state index contributed by atoms with van der Waals surface area (Å²) in [7, 11) is 0. The van der Waals surface area contributed by atoms with E-state index in [1.165, 1.54) is 19.3 Å².